The van der Waals surface area contributed by atoms with Crippen LogP contribution in [0.3, 0.4) is 0 Å². The molecule has 4 heteroatoms. The molecule has 1 N–H and O–H groups in total. The van der Waals surface area contributed by atoms with Gasteiger partial charge in [0, 0.05) is 24.0 Å². The lowest BCUT2D eigenvalue weighted by molar-refractivity contribution is 0.0678. The fraction of sp³-hybridized carbons (Fsp3) is 0.400. The number of piperidine rings is 1. The van der Waals surface area contributed by atoms with E-state index in [1.807, 2.05) is 4.90 Å². The molecule has 0 bridgehead atoms. The number of hydrogen-bond donors (Lipinski definition) is 1. The second-order valence-corrected chi connectivity index (χ2v) is 5.38. The van der Waals surface area contributed by atoms with Crippen LogP contribution in [0.5, 0.6) is 0 Å². The Hall–Kier alpha value is -1.84. The van der Waals surface area contributed by atoms with Crippen LogP contribution >= 0.6 is 0 Å². The number of aromatic nitrogens is 1. The van der Waals surface area contributed by atoms with Crippen LogP contribution in [0.4, 0.5) is 4.39 Å². The molecule has 2 aromatic rings. The van der Waals surface area contributed by atoms with Crippen LogP contribution in [0.25, 0.3) is 10.9 Å². The van der Waals surface area contributed by atoms with Gasteiger partial charge in [-0.25, -0.2) is 4.39 Å². The van der Waals surface area contributed by atoms with E-state index in [-0.39, 0.29) is 11.7 Å². The van der Waals surface area contributed by atoms with Crippen molar-refractivity contribution < 1.29 is 9.18 Å². The number of carbonyl (C=O) groups is 1. The molecule has 0 saturated carbocycles. The van der Waals surface area contributed by atoms with Crippen molar-refractivity contribution in [3.8, 4) is 0 Å². The van der Waals surface area contributed by atoms with Gasteiger partial charge in [-0.2, -0.15) is 0 Å². The summed E-state index contributed by atoms with van der Waals surface area (Å²) < 4.78 is 13.6. The number of rotatable bonds is 1. The first kappa shape index (κ1) is 12.2. The Bertz CT molecular complexity index is 620. The summed E-state index contributed by atoms with van der Waals surface area (Å²) in [7, 11) is 0. The van der Waals surface area contributed by atoms with Crippen molar-refractivity contribution in [2.24, 2.45) is 5.92 Å². The van der Waals surface area contributed by atoms with E-state index >= 15 is 0 Å². The maximum absolute atomic E-state index is 13.6. The van der Waals surface area contributed by atoms with Crippen molar-refractivity contribution in [1.82, 2.24) is 9.88 Å². The lowest BCUT2D eigenvalue weighted by Crippen LogP contribution is -2.39. The van der Waals surface area contributed by atoms with Crippen LogP contribution in [0.15, 0.2) is 24.3 Å². The maximum atomic E-state index is 13.6. The van der Waals surface area contributed by atoms with Gasteiger partial charge in [-0.15, -0.1) is 0 Å². The van der Waals surface area contributed by atoms with Crippen molar-refractivity contribution in [3.05, 3.63) is 35.8 Å². The highest BCUT2D eigenvalue weighted by molar-refractivity contribution is 5.98. The molecule has 0 radical (unpaired) electrons. The number of hydrogen-bond acceptors (Lipinski definition) is 1. The van der Waals surface area contributed by atoms with E-state index in [9.17, 15) is 9.18 Å². The van der Waals surface area contributed by atoms with Gasteiger partial charge in [0.25, 0.3) is 5.91 Å². The van der Waals surface area contributed by atoms with Crippen molar-refractivity contribution in [2.45, 2.75) is 19.8 Å². The molecule has 0 aliphatic carbocycles. The van der Waals surface area contributed by atoms with E-state index in [4.69, 9.17) is 0 Å². The molecule has 0 unspecified atom stereocenters. The number of aromatic amines is 1. The normalized spacial score (nSPS) is 19.9. The molecular weight excluding hydrogens is 243 g/mol. The zero-order valence-electron chi connectivity index (χ0n) is 10.9. The van der Waals surface area contributed by atoms with Crippen LogP contribution in [-0.2, 0) is 0 Å². The third-order valence-electron chi connectivity index (χ3n) is 3.79. The van der Waals surface area contributed by atoms with E-state index in [0.717, 1.165) is 19.5 Å². The minimum Gasteiger partial charge on any atom is -0.350 e. The summed E-state index contributed by atoms with van der Waals surface area (Å²) in [4.78, 5) is 17.3. The molecule has 1 atom stereocenters. The van der Waals surface area contributed by atoms with Gasteiger partial charge in [0.15, 0.2) is 0 Å². The van der Waals surface area contributed by atoms with Gasteiger partial charge >= 0.3 is 0 Å². The van der Waals surface area contributed by atoms with Gasteiger partial charge in [0.05, 0.1) is 0 Å². The number of benzene rings is 1. The number of halogens is 1. The third-order valence-corrected chi connectivity index (χ3v) is 3.79. The van der Waals surface area contributed by atoms with Crippen LogP contribution in [0, 0.1) is 11.7 Å². The Kier molecular flexibility index (Phi) is 3.01. The summed E-state index contributed by atoms with van der Waals surface area (Å²) in [5.41, 5.74) is 1.16. The Morgan fingerprint density at radius 2 is 2.32 bits per heavy atom. The first-order valence-corrected chi connectivity index (χ1v) is 6.71. The Balaban J connectivity index is 1.91. The molecule has 2 heterocycles. The number of H-pyrrole nitrogens is 1. The van der Waals surface area contributed by atoms with E-state index in [2.05, 4.69) is 11.9 Å². The number of amides is 1. The van der Waals surface area contributed by atoms with Crippen molar-refractivity contribution in [3.63, 3.8) is 0 Å². The van der Waals surface area contributed by atoms with Crippen LogP contribution in [-0.4, -0.2) is 28.9 Å². The molecule has 1 aromatic heterocycles. The standard InChI is InChI=1S/C15H17FN2O/c1-10-4-3-7-18(9-10)15(19)14-8-11-12(16)5-2-6-13(11)17-14/h2,5-6,8,10,17H,3-4,7,9H2,1H3/t10-/m0/s1. The molecular formula is C15H17FN2O. The first-order valence-electron chi connectivity index (χ1n) is 6.71. The van der Waals surface area contributed by atoms with Crippen molar-refractivity contribution >= 4 is 16.8 Å². The zero-order valence-corrected chi connectivity index (χ0v) is 10.9. The molecule has 3 rings (SSSR count). The number of nitrogens with one attached hydrogen (secondary N) is 1. The molecule has 100 valence electrons. The molecule has 1 amide bonds. The van der Waals surface area contributed by atoms with E-state index < -0.39 is 0 Å². The third kappa shape index (κ3) is 2.23. The second kappa shape index (κ2) is 4.68. The average Bonchev–Trinajstić information content (AvgIpc) is 2.83. The average molecular weight is 260 g/mol. The van der Waals surface area contributed by atoms with E-state index in [0.29, 0.717) is 22.5 Å². The second-order valence-electron chi connectivity index (χ2n) is 5.38. The molecule has 1 fully saturated rings. The Morgan fingerprint density at radius 3 is 3.05 bits per heavy atom. The van der Waals surface area contributed by atoms with Crippen molar-refractivity contribution in [2.75, 3.05) is 13.1 Å². The number of fused-ring (bicyclic) bond motifs is 1. The van der Waals surface area contributed by atoms with E-state index in [1.54, 1.807) is 18.2 Å². The molecule has 1 aliphatic heterocycles. The summed E-state index contributed by atoms with van der Waals surface area (Å²) in [6, 6.07) is 6.46. The van der Waals surface area contributed by atoms with Gasteiger partial charge in [-0.3, -0.25) is 4.79 Å². The molecule has 1 saturated heterocycles. The largest absolute Gasteiger partial charge is 0.350 e. The smallest absolute Gasteiger partial charge is 0.270 e. The number of likely N-dealkylation sites (tertiary alicyclic amines) is 1. The lowest BCUT2D eigenvalue weighted by Gasteiger charge is -2.30. The summed E-state index contributed by atoms with van der Waals surface area (Å²) in [6.07, 6.45) is 2.21. The van der Waals surface area contributed by atoms with Gasteiger partial charge in [0.1, 0.15) is 11.5 Å². The fourth-order valence-corrected chi connectivity index (χ4v) is 2.78. The lowest BCUT2D eigenvalue weighted by atomic mass is 10.00. The van der Waals surface area contributed by atoms with Gasteiger partial charge in [0.2, 0.25) is 0 Å². The number of carbonyl (C=O) groups excluding carboxylic acids is 1. The molecule has 3 nitrogen and oxygen atoms in total. The van der Waals surface area contributed by atoms with Crippen molar-refractivity contribution in [1.29, 1.82) is 0 Å². The van der Waals surface area contributed by atoms with Gasteiger partial charge < -0.3 is 9.88 Å². The Labute approximate surface area is 111 Å². The van der Waals surface area contributed by atoms with Crippen LogP contribution in [0.1, 0.15) is 30.3 Å². The SMILES string of the molecule is C[C@H]1CCCN(C(=O)c2cc3c(F)cccc3[nH]2)C1. The summed E-state index contributed by atoms with van der Waals surface area (Å²) in [5.74, 6) is 0.223. The monoisotopic (exact) mass is 260 g/mol. The first-order chi connectivity index (χ1) is 9.15. The zero-order chi connectivity index (χ0) is 13.4. The summed E-state index contributed by atoms with van der Waals surface area (Å²) in [5, 5.41) is 0.482. The summed E-state index contributed by atoms with van der Waals surface area (Å²) >= 11 is 0. The molecule has 1 aromatic carbocycles. The maximum Gasteiger partial charge on any atom is 0.270 e. The molecule has 0 spiro atoms. The number of nitrogens with zero attached hydrogens (tertiary/aromatic N) is 1. The Morgan fingerprint density at radius 1 is 1.47 bits per heavy atom. The summed E-state index contributed by atoms with van der Waals surface area (Å²) in [6.45, 7) is 3.74. The highest BCUT2D eigenvalue weighted by Crippen LogP contribution is 2.22. The minimum atomic E-state index is -0.292. The van der Waals surface area contributed by atoms with Gasteiger partial charge in [-0.1, -0.05) is 13.0 Å². The quantitative estimate of drug-likeness (QED) is 0.840. The predicted octanol–water partition coefficient (Wildman–Crippen LogP) is 3.18. The predicted molar refractivity (Wildman–Crippen MR) is 72.6 cm³/mol. The fourth-order valence-electron chi connectivity index (χ4n) is 2.78. The highest BCUT2D eigenvalue weighted by Gasteiger charge is 2.23. The minimum absolute atomic E-state index is 0.0258. The molecule has 1 aliphatic rings. The van der Waals surface area contributed by atoms with Crippen LogP contribution in [0.2, 0.25) is 0 Å². The highest BCUT2D eigenvalue weighted by atomic mass is 19.1. The van der Waals surface area contributed by atoms with E-state index in [1.165, 1.54) is 12.5 Å². The van der Waals surface area contributed by atoms with Gasteiger partial charge in [-0.05, 0) is 37.0 Å². The molecule has 19 heavy (non-hydrogen) atoms. The van der Waals surface area contributed by atoms with Crippen LogP contribution < -0.4 is 0 Å². The topological polar surface area (TPSA) is 36.1 Å².